The van der Waals surface area contributed by atoms with E-state index in [1.165, 1.54) is 17.7 Å². The minimum Gasteiger partial charge on any atom is -0.369 e. The maximum absolute atomic E-state index is 4.49. The molecule has 1 aliphatic heterocycles. The highest BCUT2D eigenvalue weighted by molar-refractivity contribution is 14.0. The van der Waals surface area contributed by atoms with Crippen molar-refractivity contribution in [1.82, 2.24) is 20.2 Å². The van der Waals surface area contributed by atoms with Gasteiger partial charge >= 0.3 is 0 Å². The molecule has 0 radical (unpaired) electrons. The van der Waals surface area contributed by atoms with Gasteiger partial charge in [0.1, 0.15) is 5.82 Å². The van der Waals surface area contributed by atoms with E-state index < -0.39 is 0 Å². The van der Waals surface area contributed by atoms with E-state index >= 15 is 0 Å². The molecule has 2 heterocycles. The van der Waals surface area contributed by atoms with Crippen LogP contribution in [0.5, 0.6) is 0 Å². The lowest BCUT2D eigenvalue weighted by molar-refractivity contribution is 0.466. The van der Waals surface area contributed by atoms with E-state index in [-0.39, 0.29) is 24.0 Å². The lowest BCUT2D eigenvalue weighted by Crippen LogP contribution is -2.51. The molecule has 1 fully saturated rings. The number of aliphatic imine (C=N–C) groups is 1. The smallest absolute Gasteiger partial charge is 0.191 e. The standard InChI is InChI=1S/C22H34N6.HI/c1-17(2)15-28-13-11-24-21(28)14-25-22(23-4)26-19-6-5-12-27(16-19)20-9-7-18(3)8-10-20;/h7-11,13,17,19H,5-6,12,14-16H2,1-4H3,(H2,23,25,26);1H. The Morgan fingerprint density at radius 1 is 1.28 bits per heavy atom. The van der Waals surface area contributed by atoms with E-state index in [2.05, 4.69) is 75.1 Å². The second kappa shape index (κ2) is 11.4. The summed E-state index contributed by atoms with van der Waals surface area (Å²) in [5.41, 5.74) is 2.60. The Kier molecular flexibility index (Phi) is 9.26. The molecule has 160 valence electrons. The molecule has 2 N–H and O–H groups in total. The number of anilines is 1. The molecular weight excluding hydrogens is 475 g/mol. The normalized spacial score (nSPS) is 17.2. The molecular formula is C22H35IN6. The van der Waals surface area contributed by atoms with E-state index in [1.807, 2.05) is 19.4 Å². The van der Waals surface area contributed by atoms with Crippen LogP contribution in [-0.4, -0.2) is 41.7 Å². The summed E-state index contributed by atoms with van der Waals surface area (Å²) < 4.78 is 2.21. The third-order valence-corrected chi connectivity index (χ3v) is 5.16. The molecule has 0 amide bonds. The van der Waals surface area contributed by atoms with Crippen molar-refractivity contribution in [2.75, 3.05) is 25.0 Å². The van der Waals surface area contributed by atoms with Crippen LogP contribution in [0.25, 0.3) is 0 Å². The Morgan fingerprint density at radius 3 is 2.72 bits per heavy atom. The summed E-state index contributed by atoms with van der Waals surface area (Å²) in [7, 11) is 1.83. The Bertz CT molecular complexity index is 768. The zero-order valence-corrected chi connectivity index (χ0v) is 20.4. The topological polar surface area (TPSA) is 57.5 Å². The fourth-order valence-corrected chi connectivity index (χ4v) is 3.70. The summed E-state index contributed by atoms with van der Waals surface area (Å²) in [5, 5.41) is 7.03. The number of halogens is 1. The van der Waals surface area contributed by atoms with Crippen molar-refractivity contribution in [2.45, 2.75) is 52.7 Å². The molecule has 0 spiro atoms. The number of piperidine rings is 1. The highest BCUT2D eigenvalue weighted by Gasteiger charge is 2.21. The molecule has 0 aliphatic carbocycles. The van der Waals surface area contributed by atoms with Gasteiger partial charge in [0, 0.05) is 50.8 Å². The summed E-state index contributed by atoms with van der Waals surface area (Å²) in [4.78, 5) is 11.4. The Hall–Kier alpha value is -1.77. The Morgan fingerprint density at radius 2 is 2.03 bits per heavy atom. The van der Waals surface area contributed by atoms with E-state index in [0.717, 1.165) is 37.8 Å². The quantitative estimate of drug-likeness (QED) is 0.353. The van der Waals surface area contributed by atoms with Crippen molar-refractivity contribution in [1.29, 1.82) is 0 Å². The highest BCUT2D eigenvalue weighted by Crippen LogP contribution is 2.20. The number of hydrogen-bond acceptors (Lipinski definition) is 3. The van der Waals surface area contributed by atoms with Crippen LogP contribution in [-0.2, 0) is 13.1 Å². The van der Waals surface area contributed by atoms with Crippen LogP contribution in [0.15, 0.2) is 41.7 Å². The second-order valence-corrected chi connectivity index (χ2v) is 8.08. The van der Waals surface area contributed by atoms with Gasteiger partial charge in [0.2, 0.25) is 0 Å². The first kappa shape index (κ1) is 23.5. The van der Waals surface area contributed by atoms with Gasteiger partial charge in [0.15, 0.2) is 5.96 Å². The zero-order chi connectivity index (χ0) is 19.9. The molecule has 1 unspecified atom stereocenters. The average molecular weight is 510 g/mol. The largest absolute Gasteiger partial charge is 0.369 e. The number of rotatable bonds is 6. The van der Waals surface area contributed by atoms with Crippen molar-refractivity contribution < 1.29 is 0 Å². The molecule has 2 aromatic rings. The first-order valence-electron chi connectivity index (χ1n) is 10.3. The summed E-state index contributed by atoms with van der Waals surface area (Å²) in [6.45, 7) is 10.3. The van der Waals surface area contributed by atoms with E-state index in [0.29, 0.717) is 18.5 Å². The number of nitrogens with one attached hydrogen (secondary N) is 2. The number of nitrogens with zero attached hydrogens (tertiary/aromatic N) is 4. The van der Waals surface area contributed by atoms with Crippen molar-refractivity contribution >= 4 is 35.6 Å². The van der Waals surface area contributed by atoms with E-state index in [1.54, 1.807) is 0 Å². The molecule has 7 heteroatoms. The van der Waals surface area contributed by atoms with Gasteiger partial charge in [0.05, 0.1) is 6.54 Å². The van der Waals surface area contributed by atoms with Crippen molar-refractivity contribution in [3.8, 4) is 0 Å². The number of aryl methyl sites for hydroxylation is 1. The van der Waals surface area contributed by atoms with E-state index in [9.17, 15) is 0 Å². The van der Waals surface area contributed by atoms with Crippen LogP contribution < -0.4 is 15.5 Å². The van der Waals surface area contributed by atoms with Crippen molar-refractivity contribution in [3.05, 3.63) is 48.0 Å². The van der Waals surface area contributed by atoms with Crippen LogP contribution in [0.3, 0.4) is 0 Å². The van der Waals surface area contributed by atoms with Crippen LogP contribution in [0, 0.1) is 12.8 Å². The summed E-state index contributed by atoms with van der Waals surface area (Å²) in [6.07, 6.45) is 6.26. The number of guanidine groups is 1. The van der Waals surface area contributed by atoms with Crippen LogP contribution in [0.2, 0.25) is 0 Å². The number of aromatic nitrogens is 2. The van der Waals surface area contributed by atoms with Gasteiger partial charge < -0.3 is 20.1 Å². The van der Waals surface area contributed by atoms with Crippen molar-refractivity contribution in [2.24, 2.45) is 10.9 Å². The minimum atomic E-state index is 0. The first-order chi connectivity index (χ1) is 13.5. The molecule has 0 bridgehead atoms. The predicted molar refractivity (Wildman–Crippen MR) is 132 cm³/mol. The second-order valence-electron chi connectivity index (χ2n) is 8.08. The SMILES string of the molecule is CN=C(NCc1nccn1CC(C)C)NC1CCCN(c2ccc(C)cc2)C1.I. The molecule has 1 aliphatic rings. The third-order valence-electron chi connectivity index (χ3n) is 5.16. The molecule has 29 heavy (non-hydrogen) atoms. The van der Waals surface area contributed by atoms with Gasteiger partial charge in [-0.2, -0.15) is 0 Å². The fraction of sp³-hybridized carbons (Fsp3) is 0.545. The van der Waals surface area contributed by atoms with Gasteiger partial charge in [-0.3, -0.25) is 4.99 Å². The maximum Gasteiger partial charge on any atom is 0.191 e. The Labute approximate surface area is 192 Å². The highest BCUT2D eigenvalue weighted by atomic mass is 127. The van der Waals surface area contributed by atoms with Crippen LogP contribution >= 0.6 is 24.0 Å². The van der Waals surface area contributed by atoms with Gasteiger partial charge in [-0.15, -0.1) is 24.0 Å². The lowest BCUT2D eigenvalue weighted by Gasteiger charge is -2.35. The van der Waals surface area contributed by atoms with E-state index in [4.69, 9.17) is 0 Å². The molecule has 1 aromatic heterocycles. The molecule has 3 rings (SSSR count). The van der Waals surface area contributed by atoms with Crippen molar-refractivity contribution in [3.63, 3.8) is 0 Å². The fourth-order valence-electron chi connectivity index (χ4n) is 3.70. The monoisotopic (exact) mass is 510 g/mol. The Balaban J connectivity index is 0.00000300. The number of benzene rings is 1. The lowest BCUT2D eigenvalue weighted by atomic mass is 10.0. The summed E-state index contributed by atoms with van der Waals surface area (Å²) in [5.74, 6) is 2.48. The first-order valence-corrected chi connectivity index (χ1v) is 10.3. The van der Waals surface area contributed by atoms with Gasteiger partial charge in [-0.25, -0.2) is 4.98 Å². The summed E-state index contributed by atoms with van der Waals surface area (Å²) >= 11 is 0. The van der Waals surface area contributed by atoms with Crippen LogP contribution in [0.4, 0.5) is 5.69 Å². The van der Waals surface area contributed by atoms with Gasteiger partial charge in [-0.1, -0.05) is 31.5 Å². The predicted octanol–water partition coefficient (Wildman–Crippen LogP) is 3.80. The van der Waals surface area contributed by atoms with Gasteiger partial charge in [0.25, 0.3) is 0 Å². The molecule has 6 nitrogen and oxygen atoms in total. The third kappa shape index (κ3) is 6.90. The number of imidazole rings is 1. The zero-order valence-electron chi connectivity index (χ0n) is 18.1. The van der Waals surface area contributed by atoms with Crippen LogP contribution in [0.1, 0.15) is 38.1 Å². The maximum atomic E-state index is 4.49. The average Bonchev–Trinajstić information content (AvgIpc) is 3.12. The summed E-state index contributed by atoms with van der Waals surface area (Å²) in [6, 6.07) is 9.20. The molecule has 1 saturated heterocycles. The molecule has 1 aromatic carbocycles. The van der Waals surface area contributed by atoms with Gasteiger partial charge in [-0.05, 0) is 37.8 Å². The molecule has 1 atom stereocenters. The minimum absolute atomic E-state index is 0. The molecule has 0 saturated carbocycles. The number of hydrogen-bond donors (Lipinski definition) is 2.